The quantitative estimate of drug-likeness (QED) is 0.708. The lowest BCUT2D eigenvalue weighted by Crippen LogP contribution is -2.09. The molecule has 1 aromatic rings. The fraction of sp³-hybridized carbons (Fsp3) is 0.300. The summed E-state index contributed by atoms with van der Waals surface area (Å²) >= 11 is 0. The minimum absolute atomic E-state index is 0.0625. The average Bonchev–Trinajstić information content (AvgIpc) is 2.28. The lowest BCUT2D eigenvalue weighted by Gasteiger charge is -2.04. The standard InChI is InChI=1S/C10H9FN2O2/c1-2-15-10(14)8-4-3-7(6-12)13-9(8)5-11/h3-4H,2,5H2,1H3. The van der Waals surface area contributed by atoms with E-state index in [1.54, 1.807) is 13.0 Å². The van der Waals surface area contributed by atoms with Crippen LogP contribution in [0.4, 0.5) is 4.39 Å². The molecule has 1 rings (SSSR count). The Hall–Kier alpha value is -1.96. The fourth-order valence-electron chi connectivity index (χ4n) is 1.06. The van der Waals surface area contributed by atoms with Gasteiger partial charge in [-0.25, -0.2) is 14.2 Å². The molecule has 0 bridgehead atoms. The zero-order valence-corrected chi connectivity index (χ0v) is 8.16. The number of alkyl halides is 1. The van der Waals surface area contributed by atoms with E-state index in [0.717, 1.165) is 0 Å². The van der Waals surface area contributed by atoms with Crippen LogP contribution in [0.3, 0.4) is 0 Å². The third-order valence-electron chi connectivity index (χ3n) is 1.71. The number of halogens is 1. The zero-order chi connectivity index (χ0) is 11.3. The maximum Gasteiger partial charge on any atom is 0.340 e. The van der Waals surface area contributed by atoms with E-state index in [9.17, 15) is 9.18 Å². The van der Waals surface area contributed by atoms with E-state index in [1.165, 1.54) is 12.1 Å². The van der Waals surface area contributed by atoms with Crippen molar-refractivity contribution in [3.63, 3.8) is 0 Å². The van der Waals surface area contributed by atoms with Gasteiger partial charge in [0.15, 0.2) is 0 Å². The minimum atomic E-state index is -0.899. The second-order valence-corrected chi connectivity index (χ2v) is 2.66. The molecule has 0 saturated heterocycles. The van der Waals surface area contributed by atoms with Crippen LogP contribution in [0.2, 0.25) is 0 Å². The third-order valence-corrected chi connectivity index (χ3v) is 1.71. The third kappa shape index (κ3) is 2.50. The number of nitriles is 1. The number of nitrogens with zero attached hydrogens (tertiary/aromatic N) is 2. The van der Waals surface area contributed by atoms with E-state index in [0.29, 0.717) is 0 Å². The Morgan fingerprint density at radius 3 is 2.93 bits per heavy atom. The lowest BCUT2D eigenvalue weighted by molar-refractivity contribution is 0.0523. The van der Waals surface area contributed by atoms with Gasteiger partial charge in [-0.15, -0.1) is 0 Å². The molecule has 1 aromatic heterocycles. The first-order valence-electron chi connectivity index (χ1n) is 4.36. The molecule has 0 atom stereocenters. The summed E-state index contributed by atoms with van der Waals surface area (Å²) in [5.41, 5.74) is 0.0848. The molecule has 0 amide bonds. The highest BCUT2D eigenvalue weighted by atomic mass is 19.1. The van der Waals surface area contributed by atoms with Gasteiger partial charge < -0.3 is 4.74 Å². The molecule has 0 radical (unpaired) electrons. The van der Waals surface area contributed by atoms with Crippen molar-refractivity contribution in [3.05, 3.63) is 29.1 Å². The van der Waals surface area contributed by atoms with Gasteiger partial charge in [-0.3, -0.25) is 0 Å². The molecule has 4 nitrogen and oxygen atoms in total. The SMILES string of the molecule is CCOC(=O)c1ccc(C#N)nc1CF. The monoisotopic (exact) mass is 208 g/mol. The number of esters is 1. The smallest absolute Gasteiger partial charge is 0.340 e. The molecule has 0 aliphatic heterocycles. The number of rotatable bonds is 3. The van der Waals surface area contributed by atoms with Gasteiger partial charge in [-0.05, 0) is 19.1 Å². The summed E-state index contributed by atoms with van der Waals surface area (Å²) in [5.74, 6) is -0.623. The van der Waals surface area contributed by atoms with Crippen molar-refractivity contribution in [2.45, 2.75) is 13.6 Å². The Morgan fingerprint density at radius 2 is 2.40 bits per heavy atom. The van der Waals surface area contributed by atoms with Gasteiger partial charge in [0, 0.05) is 0 Å². The molecule has 0 aliphatic rings. The highest BCUT2D eigenvalue weighted by Crippen LogP contribution is 2.10. The van der Waals surface area contributed by atoms with Crippen LogP contribution in [0.15, 0.2) is 12.1 Å². The van der Waals surface area contributed by atoms with Crippen molar-refractivity contribution in [2.75, 3.05) is 6.61 Å². The van der Waals surface area contributed by atoms with Crippen LogP contribution in [0.25, 0.3) is 0 Å². The van der Waals surface area contributed by atoms with E-state index >= 15 is 0 Å². The van der Waals surface area contributed by atoms with E-state index in [2.05, 4.69) is 4.98 Å². The summed E-state index contributed by atoms with van der Waals surface area (Å²) in [4.78, 5) is 15.0. The Kier molecular flexibility index (Phi) is 3.75. The predicted molar refractivity (Wildman–Crippen MR) is 49.7 cm³/mol. The summed E-state index contributed by atoms with van der Waals surface area (Å²) in [6.07, 6.45) is 0. The minimum Gasteiger partial charge on any atom is -0.462 e. The molecule has 0 aliphatic carbocycles. The molecule has 0 aromatic carbocycles. The first-order chi connectivity index (χ1) is 7.22. The van der Waals surface area contributed by atoms with Crippen LogP contribution in [0, 0.1) is 11.3 Å². The maximum absolute atomic E-state index is 12.5. The highest BCUT2D eigenvalue weighted by molar-refractivity contribution is 5.90. The van der Waals surface area contributed by atoms with E-state index < -0.39 is 12.6 Å². The Bertz CT molecular complexity index is 412. The molecule has 0 unspecified atom stereocenters. The van der Waals surface area contributed by atoms with Crippen molar-refractivity contribution in [1.29, 1.82) is 5.26 Å². The number of ether oxygens (including phenoxy) is 1. The van der Waals surface area contributed by atoms with Crippen LogP contribution < -0.4 is 0 Å². The molecule has 0 fully saturated rings. The Morgan fingerprint density at radius 1 is 1.67 bits per heavy atom. The van der Waals surface area contributed by atoms with Gasteiger partial charge >= 0.3 is 5.97 Å². The van der Waals surface area contributed by atoms with Crippen molar-refractivity contribution in [2.24, 2.45) is 0 Å². The van der Waals surface area contributed by atoms with Gasteiger partial charge in [0.25, 0.3) is 0 Å². The summed E-state index contributed by atoms with van der Waals surface area (Å²) in [5, 5.41) is 8.54. The fourth-order valence-corrected chi connectivity index (χ4v) is 1.06. The van der Waals surface area contributed by atoms with Crippen molar-refractivity contribution in [1.82, 2.24) is 4.98 Å². The molecule has 0 spiro atoms. The molecule has 1 heterocycles. The summed E-state index contributed by atoms with van der Waals surface area (Å²) < 4.78 is 17.2. The van der Waals surface area contributed by atoms with Gasteiger partial charge in [-0.1, -0.05) is 0 Å². The van der Waals surface area contributed by atoms with E-state index in [4.69, 9.17) is 10.00 Å². The maximum atomic E-state index is 12.5. The van der Waals surface area contributed by atoms with Crippen LogP contribution in [0.5, 0.6) is 0 Å². The van der Waals surface area contributed by atoms with Crippen molar-refractivity contribution in [3.8, 4) is 6.07 Å². The van der Waals surface area contributed by atoms with Crippen LogP contribution >= 0.6 is 0 Å². The lowest BCUT2D eigenvalue weighted by atomic mass is 10.2. The van der Waals surface area contributed by atoms with Gasteiger partial charge in [-0.2, -0.15) is 5.26 Å². The van der Waals surface area contributed by atoms with E-state index in [-0.39, 0.29) is 23.6 Å². The van der Waals surface area contributed by atoms with Crippen molar-refractivity contribution < 1.29 is 13.9 Å². The number of carbonyl (C=O) groups is 1. The molecular formula is C10H9FN2O2. The summed E-state index contributed by atoms with van der Waals surface area (Å²) in [7, 11) is 0. The number of hydrogen-bond acceptors (Lipinski definition) is 4. The Labute approximate surface area is 86.3 Å². The Balaban J connectivity index is 3.08. The van der Waals surface area contributed by atoms with Crippen LogP contribution in [-0.4, -0.2) is 17.6 Å². The largest absolute Gasteiger partial charge is 0.462 e. The number of aromatic nitrogens is 1. The van der Waals surface area contributed by atoms with Gasteiger partial charge in [0.05, 0.1) is 17.9 Å². The molecule has 0 N–H and O–H groups in total. The second kappa shape index (κ2) is 5.05. The van der Waals surface area contributed by atoms with Crippen LogP contribution in [0.1, 0.15) is 28.7 Å². The van der Waals surface area contributed by atoms with E-state index in [1.807, 2.05) is 0 Å². The summed E-state index contributed by atoms with van der Waals surface area (Å²) in [6.45, 7) is 0.971. The van der Waals surface area contributed by atoms with Gasteiger partial charge in [0.1, 0.15) is 18.4 Å². The predicted octanol–water partition coefficient (Wildman–Crippen LogP) is 1.60. The van der Waals surface area contributed by atoms with Gasteiger partial charge in [0.2, 0.25) is 0 Å². The number of pyridine rings is 1. The topological polar surface area (TPSA) is 63.0 Å². The second-order valence-electron chi connectivity index (χ2n) is 2.66. The first-order valence-corrected chi connectivity index (χ1v) is 4.36. The normalized spacial score (nSPS) is 9.40. The number of carbonyl (C=O) groups excluding carboxylic acids is 1. The average molecular weight is 208 g/mol. The number of hydrogen-bond donors (Lipinski definition) is 0. The highest BCUT2D eigenvalue weighted by Gasteiger charge is 2.14. The molecule has 0 saturated carbocycles. The molecule has 78 valence electrons. The molecule has 15 heavy (non-hydrogen) atoms. The zero-order valence-electron chi connectivity index (χ0n) is 8.16. The first kappa shape index (κ1) is 11.1. The summed E-state index contributed by atoms with van der Waals surface area (Å²) in [6, 6.07) is 4.47. The molecule has 5 heteroatoms. The molecular weight excluding hydrogens is 199 g/mol. The van der Waals surface area contributed by atoms with Crippen molar-refractivity contribution >= 4 is 5.97 Å². The van der Waals surface area contributed by atoms with Crippen LogP contribution in [-0.2, 0) is 11.4 Å².